The third-order valence-electron chi connectivity index (χ3n) is 3.04. The second-order valence-corrected chi connectivity index (χ2v) is 4.51. The number of rotatable bonds is 5. The standard InChI is InChI=1S/C14H18FN3O/c1-10(16-2)12-4-5-14(13(15)6-12)19-9-11-7-17-18(3)8-11/h4-8,10,16H,9H2,1-3H3. The molecule has 102 valence electrons. The van der Waals surface area contributed by atoms with Gasteiger partial charge < -0.3 is 10.1 Å². The van der Waals surface area contributed by atoms with Gasteiger partial charge in [-0.05, 0) is 31.7 Å². The number of aromatic nitrogens is 2. The number of halogens is 1. The van der Waals surface area contributed by atoms with Crippen LogP contribution in [-0.4, -0.2) is 16.8 Å². The summed E-state index contributed by atoms with van der Waals surface area (Å²) < 4.78 is 21.0. The van der Waals surface area contributed by atoms with E-state index in [1.165, 1.54) is 6.07 Å². The second-order valence-electron chi connectivity index (χ2n) is 4.51. The first-order valence-electron chi connectivity index (χ1n) is 6.17. The third kappa shape index (κ3) is 3.32. The van der Waals surface area contributed by atoms with E-state index in [0.29, 0.717) is 6.61 Å². The van der Waals surface area contributed by atoms with E-state index in [-0.39, 0.29) is 17.6 Å². The van der Waals surface area contributed by atoms with E-state index in [4.69, 9.17) is 4.74 Å². The number of benzene rings is 1. The predicted octanol–water partition coefficient (Wildman–Crippen LogP) is 2.42. The Morgan fingerprint density at radius 3 is 2.84 bits per heavy atom. The van der Waals surface area contributed by atoms with Crippen molar-refractivity contribution in [3.05, 3.63) is 47.5 Å². The fourth-order valence-corrected chi connectivity index (χ4v) is 1.78. The molecule has 0 amide bonds. The van der Waals surface area contributed by atoms with Crippen LogP contribution < -0.4 is 10.1 Å². The van der Waals surface area contributed by atoms with Crippen LogP contribution in [0, 0.1) is 5.82 Å². The van der Waals surface area contributed by atoms with Gasteiger partial charge >= 0.3 is 0 Å². The molecule has 19 heavy (non-hydrogen) atoms. The van der Waals surface area contributed by atoms with Crippen molar-refractivity contribution in [3.8, 4) is 5.75 Å². The highest BCUT2D eigenvalue weighted by Gasteiger charge is 2.09. The highest BCUT2D eigenvalue weighted by Crippen LogP contribution is 2.22. The Bertz CT molecular complexity index is 553. The minimum Gasteiger partial charge on any atom is -0.486 e. The van der Waals surface area contributed by atoms with Crippen LogP contribution in [0.25, 0.3) is 0 Å². The number of nitrogens with zero attached hydrogens (tertiary/aromatic N) is 2. The van der Waals surface area contributed by atoms with Crippen LogP contribution in [0.15, 0.2) is 30.6 Å². The fourth-order valence-electron chi connectivity index (χ4n) is 1.78. The van der Waals surface area contributed by atoms with Crippen LogP contribution in [0.5, 0.6) is 5.75 Å². The summed E-state index contributed by atoms with van der Waals surface area (Å²) in [6, 6.07) is 5.14. The highest BCUT2D eigenvalue weighted by molar-refractivity contribution is 5.31. The Morgan fingerprint density at radius 2 is 2.26 bits per heavy atom. The van der Waals surface area contributed by atoms with Crippen molar-refractivity contribution in [2.45, 2.75) is 19.6 Å². The Labute approximate surface area is 112 Å². The summed E-state index contributed by atoms with van der Waals surface area (Å²) in [5.74, 6) is -0.0839. The maximum atomic E-state index is 13.9. The molecule has 5 heteroatoms. The zero-order valence-electron chi connectivity index (χ0n) is 11.4. The second kappa shape index (κ2) is 5.84. The molecule has 1 aromatic carbocycles. The number of hydrogen-bond donors (Lipinski definition) is 1. The maximum Gasteiger partial charge on any atom is 0.165 e. The van der Waals surface area contributed by atoms with Crippen molar-refractivity contribution in [3.63, 3.8) is 0 Å². The molecule has 0 saturated heterocycles. The zero-order chi connectivity index (χ0) is 13.8. The lowest BCUT2D eigenvalue weighted by Gasteiger charge is -2.12. The van der Waals surface area contributed by atoms with Crippen LogP contribution in [0.3, 0.4) is 0 Å². The molecule has 0 fully saturated rings. The monoisotopic (exact) mass is 263 g/mol. The largest absolute Gasteiger partial charge is 0.486 e. The van der Waals surface area contributed by atoms with Gasteiger partial charge in [0.25, 0.3) is 0 Å². The summed E-state index contributed by atoms with van der Waals surface area (Å²) in [4.78, 5) is 0. The smallest absolute Gasteiger partial charge is 0.165 e. The molecular formula is C14H18FN3O. The molecule has 0 aliphatic rings. The van der Waals surface area contributed by atoms with E-state index >= 15 is 0 Å². The van der Waals surface area contributed by atoms with Crippen LogP contribution >= 0.6 is 0 Å². The first-order chi connectivity index (χ1) is 9.10. The molecule has 1 heterocycles. The van der Waals surface area contributed by atoms with Gasteiger partial charge in [-0.2, -0.15) is 5.10 Å². The summed E-state index contributed by atoms with van der Waals surface area (Å²) in [6.07, 6.45) is 3.55. The number of nitrogens with one attached hydrogen (secondary N) is 1. The zero-order valence-corrected chi connectivity index (χ0v) is 11.4. The molecule has 4 nitrogen and oxygen atoms in total. The molecule has 0 aliphatic carbocycles. The Balaban J connectivity index is 2.05. The molecule has 0 radical (unpaired) electrons. The predicted molar refractivity (Wildman–Crippen MR) is 71.4 cm³/mol. The van der Waals surface area contributed by atoms with Gasteiger partial charge in [-0.1, -0.05) is 6.07 Å². The number of aryl methyl sites for hydroxylation is 1. The Morgan fingerprint density at radius 1 is 1.47 bits per heavy atom. The van der Waals surface area contributed by atoms with Gasteiger partial charge in [-0.3, -0.25) is 4.68 Å². The Hall–Kier alpha value is -1.88. The van der Waals surface area contributed by atoms with E-state index < -0.39 is 0 Å². The first kappa shape index (κ1) is 13.5. The van der Waals surface area contributed by atoms with Gasteiger partial charge in [0.15, 0.2) is 11.6 Å². The van der Waals surface area contributed by atoms with Gasteiger partial charge in [-0.25, -0.2) is 4.39 Å². The van der Waals surface area contributed by atoms with Gasteiger partial charge in [-0.15, -0.1) is 0 Å². The molecule has 1 atom stereocenters. The normalized spacial score (nSPS) is 12.4. The van der Waals surface area contributed by atoms with E-state index in [9.17, 15) is 4.39 Å². The van der Waals surface area contributed by atoms with Crippen molar-refractivity contribution in [2.75, 3.05) is 7.05 Å². The van der Waals surface area contributed by atoms with Gasteiger partial charge in [0.1, 0.15) is 6.61 Å². The SMILES string of the molecule is CNC(C)c1ccc(OCc2cnn(C)c2)c(F)c1. The summed E-state index contributed by atoms with van der Waals surface area (Å²) >= 11 is 0. The lowest BCUT2D eigenvalue weighted by molar-refractivity contribution is 0.290. The summed E-state index contributed by atoms with van der Waals surface area (Å²) in [7, 11) is 3.67. The van der Waals surface area contributed by atoms with Crippen molar-refractivity contribution in [1.82, 2.24) is 15.1 Å². The van der Waals surface area contributed by atoms with Gasteiger partial charge in [0.2, 0.25) is 0 Å². The number of ether oxygens (including phenoxy) is 1. The van der Waals surface area contributed by atoms with E-state index in [0.717, 1.165) is 11.1 Å². The minimum absolute atomic E-state index is 0.113. The van der Waals surface area contributed by atoms with Gasteiger partial charge in [0, 0.05) is 24.8 Å². The van der Waals surface area contributed by atoms with Crippen molar-refractivity contribution in [1.29, 1.82) is 0 Å². The molecule has 0 saturated carbocycles. The van der Waals surface area contributed by atoms with E-state index in [1.54, 1.807) is 16.9 Å². The Kier molecular flexibility index (Phi) is 4.16. The topological polar surface area (TPSA) is 39.1 Å². The third-order valence-corrected chi connectivity index (χ3v) is 3.04. The summed E-state index contributed by atoms with van der Waals surface area (Å²) in [5, 5.41) is 7.10. The van der Waals surface area contributed by atoms with Crippen molar-refractivity contribution in [2.24, 2.45) is 7.05 Å². The van der Waals surface area contributed by atoms with Crippen molar-refractivity contribution >= 4 is 0 Å². The molecule has 2 aromatic rings. The molecule has 2 rings (SSSR count). The summed E-state index contributed by atoms with van der Waals surface area (Å²) in [6.45, 7) is 2.29. The quantitative estimate of drug-likeness (QED) is 0.900. The fraction of sp³-hybridized carbons (Fsp3) is 0.357. The van der Waals surface area contributed by atoms with E-state index in [1.807, 2.05) is 33.3 Å². The van der Waals surface area contributed by atoms with Crippen LogP contribution in [-0.2, 0) is 13.7 Å². The lowest BCUT2D eigenvalue weighted by Crippen LogP contribution is -2.12. The molecular weight excluding hydrogens is 245 g/mol. The average molecular weight is 263 g/mol. The van der Waals surface area contributed by atoms with Crippen molar-refractivity contribution < 1.29 is 9.13 Å². The van der Waals surface area contributed by atoms with Gasteiger partial charge in [0.05, 0.1) is 6.20 Å². The molecule has 1 aromatic heterocycles. The average Bonchev–Trinajstić information content (AvgIpc) is 2.82. The van der Waals surface area contributed by atoms with Crippen LogP contribution in [0.4, 0.5) is 4.39 Å². The number of hydrogen-bond acceptors (Lipinski definition) is 3. The molecule has 0 aliphatic heterocycles. The minimum atomic E-state index is -0.344. The molecule has 0 bridgehead atoms. The summed E-state index contributed by atoms with van der Waals surface area (Å²) in [5.41, 5.74) is 1.81. The molecule has 1 N–H and O–H groups in total. The first-order valence-corrected chi connectivity index (χ1v) is 6.17. The maximum absolute atomic E-state index is 13.9. The van der Waals surface area contributed by atoms with Crippen LogP contribution in [0.1, 0.15) is 24.1 Å². The van der Waals surface area contributed by atoms with Crippen LogP contribution in [0.2, 0.25) is 0 Å². The molecule has 1 unspecified atom stereocenters. The molecule has 0 spiro atoms. The lowest BCUT2D eigenvalue weighted by atomic mass is 10.1. The highest BCUT2D eigenvalue weighted by atomic mass is 19.1. The van der Waals surface area contributed by atoms with E-state index in [2.05, 4.69) is 10.4 Å².